The van der Waals surface area contributed by atoms with Crippen LogP contribution >= 0.6 is 7.95 Å². The lowest BCUT2D eigenvalue weighted by atomic mass is 10.1. The van der Waals surface area contributed by atoms with Crippen molar-refractivity contribution in [2.75, 3.05) is 6.54 Å². The van der Waals surface area contributed by atoms with E-state index < -0.39 is 25.0 Å². The van der Waals surface area contributed by atoms with Crippen LogP contribution in [-0.2, 0) is 9.36 Å². The molecule has 0 aliphatic carbocycles. The third-order valence-corrected chi connectivity index (χ3v) is 5.29. The zero-order chi connectivity index (χ0) is 15.6. The molecule has 5 N–H and O–H groups in total. The second-order valence-electron chi connectivity index (χ2n) is 5.22. The minimum Gasteiger partial charge on any atom is -0.310 e. The standard InChI is InChI=1S/C13H19N4O3P/c1-9-3-5-10(6-4-9)11(18)16-21(20)13(14)7-2-8-17(15)12(13)19/h3-6,21H,2,7-8,14-15H2,1H3,(H,16,18,20)/t13-/m0/s1. The average molecular weight is 310 g/mol. The molecule has 1 aromatic rings. The Balaban J connectivity index is 2.11. The molecule has 0 radical (unpaired) electrons. The molecule has 0 saturated carbocycles. The molecule has 1 heterocycles. The number of amides is 2. The van der Waals surface area contributed by atoms with Crippen molar-refractivity contribution in [3.63, 3.8) is 0 Å². The number of aryl methyl sites for hydroxylation is 1. The van der Waals surface area contributed by atoms with Gasteiger partial charge in [0.25, 0.3) is 11.8 Å². The van der Waals surface area contributed by atoms with Gasteiger partial charge >= 0.3 is 0 Å². The number of nitrogens with one attached hydrogen (secondary N) is 1. The maximum absolute atomic E-state index is 12.4. The number of piperidine rings is 1. The van der Waals surface area contributed by atoms with Gasteiger partial charge in [-0.15, -0.1) is 0 Å². The van der Waals surface area contributed by atoms with Crippen molar-refractivity contribution in [1.29, 1.82) is 0 Å². The summed E-state index contributed by atoms with van der Waals surface area (Å²) in [5.74, 6) is 4.41. The highest BCUT2D eigenvalue weighted by Crippen LogP contribution is 2.38. The molecule has 0 aromatic heterocycles. The number of hydrogen-bond donors (Lipinski definition) is 3. The van der Waals surface area contributed by atoms with Gasteiger partial charge < -0.3 is 15.4 Å². The normalized spacial score (nSPS) is 23.8. The van der Waals surface area contributed by atoms with Crippen LogP contribution in [0.15, 0.2) is 24.3 Å². The van der Waals surface area contributed by atoms with Gasteiger partial charge in [-0.25, -0.2) is 5.84 Å². The Morgan fingerprint density at radius 3 is 2.62 bits per heavy atom. The van der Waals surface area contributed by atoms with E-state index in [1.54, 1.807) is 24.3 Å². The van der Waals surface area contributed by atoms with Crippen molar-refractivity contribution in [3.05, 3.63) is 35.4 Å². The summed E-state index contributed by atoms with van der Waals surface area (Å²) in [6, 6.07) is 6.80. The molecule has 8 heteroatoms. The second-order valence-corrected chi connectivity index (χ2v) is 7.02. The first-order valence-electron chi connectivity index (χ1n) is 6.62. The van der Waals surface area contributed by atoms with Gasteiger partial charge in [-0.3, -0.25) is 14.6 Å². The van der Waals surface area contributed by atoms with Crippen LogP contribution in [0.1, 0.15) is 28.8 Å². The van der Waals surface area contributed by atoms with E-state index in [4.69, 9.17) is 11.6 Å². The summed E-state index contributed by atoms with van der Waals surface area (Å²) in [5.41, 5.74) is 7.31. The van der Waals surface area contributed by atoms with Crippen molar-refractivity contribution in [2.24, 2.45) is 11.6 Å². The molecule has 1 aromatic carbocycles. The summed E-state index contributed by atoms with van der Waals surface area (Å²) < 4.78 is 12.4. The van der Waals surface area contributed by atoms with Crippen molar-refractivity contribution in [1.82, 2.24) is 10.1 Å². The fraction of sp³-hybridized carbons (Fsp3) is 0.385. The van der Waals surface area contributed by atoms with Gasteiger partial charge in [0, 0.05) is 12.1 Å². The van der Waals surface area contributed by atoms with Crippen molar-refractivity contribution in [3.8, 4) is 0 Å². The highest BCUT2D eigenvalue weighted by Gasteiger charge is 2.45. The van der Waals surface area contributed by atoms with Gasteiger partial charge in [0.2, 0.25) is 0 Å². The van der Waals surface area contributed by atoms with E-state index in [0.29, 0.717) is 18.5 Å². The molecule has 2 atom stereocenters. The highest BCUT2D eigenvalue weighted by molar-refractivity contribution is 7.46. The number of carbonyl (C=O) groups excluding carboxylic acids is 2. The summed E-state index contributed by atoms with van der Waals surface area (Å²) in [7, 11) is -2.87. The molecule has 21 heavy (non-hydrogen) atoms. The van der Waals surface area contributed by atoms with Crippen LogP contribution in [0.2, 0.25) is 0 Å². The van der Waals surface area contributed by atoms with Gasteiger partial charge in [-0.1, -0.05) is 17.7 Å². The molecule has 7 nitrogen and oxygen atoms in total. The van der Waals surface area contributed by atoms with Crippen molar-refractivity contribution < 1.29 is 14.2 Å². The van der Waals surface area contributed by atoms with E-state index in [0.717, 1.165) is 10.6 Å². The Morgan fingerprint density at radius 2 is 2.00 bits per heavy atom. The van der Waals surface area contributed by atoms with E-state index in [1.807, 2.05) is 6.92 Å². The molecule has 2 amide bonds. The number of nitrogens with two attached hydrogens (primary N) is 2. The molecule has 1 aliphatic heterocycles. The monoisotopic (exact) mass is 310 g/mol. The number of nitrogens with zero attached hydrogens (tertiary/aromatic N) is 1. The molecular formula is C13H19N4O3P. The topological polar surface area (TPSA) is 119 Å². The zero-order valence-electron chi connectivity index (χ0n) is 11.8. The third-order valence-electron chi connectivity index (χ3n) is 3.56. The number of rotatable bonds is 3. The number of hydrogen-bond acceptors (Lipinski definition) is 5. The molecule has 1 aliphatic rings. The minimum atomic E-state index is -2.87. The highest BCUT2D eigenvalue weighted by atomic mass is 31.1. The van der Waals surface area contributed by atoms with E-state index in [-0.39, 0.29) is 6.42 Å². The van der Waals surface area contributed by atoms with Crippen LogP contribution in [0.25, 0.3) is 0 Å². The van der Waals surface area contributed by atoms with Gasteiger partial charge in [0.1, 0.15) is 0 Å². The fourth-order valence-electron chi connectivity index (χ4n) is 2.20. The van der Waals surface area contributed by atoms with Gasteiger partial charge in [-0.2, -0.15) is 0 Å². The molecule has 0 spiro atoms. The lowest BCUT2D eigenvalue weighted by Crippen LogP contribution is -2.60. The Bertz CT molecular complexity index is 590. The summed E-state index contributed by atoms with van der Waals surface area (Å²) in [6.07, 6.45) is 0.793. The number of carbonyl (C=O) groups is 2. The largest absolute Gasteiger partial charge is 0.310 e. The Kier molecular flexibility index (Phi) is 4.46. The molecule has 2 rings (SSSR count). The van der Waals surface area contributed by atoms with Crippen LogP contribution < -0.4 is 16.7 Å². The quantitative estimate of drug-likeness (QED) is 0.423. The van der Waals surface area contributed by atoms with Crippen LogP contribution in [0.4, 0.5) is 0 Å². The SMILES string of the molecule is Cc1ccc(C(=O)N[PH](=O)[C@@]2(N)CCCN(N)C2=O)cc1. The maximum atomic E-state index is 12.4. The predicted octanol–water partition coefficient (Wildman–Crippen LogP) is 0.351. The molecule has 1 unspecified atom stereocenters. The summed E-state index contributed by atoms with van der Waals surface area (Å²) >= 11 is 0. The minimum absolute atomic E-state index is 0.242. The predicted molar refractivity (Wildman–Crippen MR) is 79.7 cm³/mol. The van der Waals surface area contributed by atoms with Crippen molar-refractivity contribution in [2.45, 2.75) is 25.0 Å². The molecule has 0 bridgehead atoms. The fourth-order valence-corrected chi connectivity index (χ4v) is 3.51. The van der Waals surface area contributed by atoms with Gasteiger partial charge in [0.15, 0.2) is 13.2 Å². The second kappa shape index (κ2) is 5.97. The van der Waals surface area contributed by atoms with Crippen LogP contribution in [0.3, 0.4) is 0 Å². The van der Waals surface area contributed by atoms with Crippen LogP contribution in [-0.4, -0.2) is 28.6 Å². The van der Waals surface area contributed by atoms with E-state index in [2.05, 4.69) is 5.09 Å². The zero-order valence-corrected chi connectivity index (χ0v) is 12.8. The number of hydrazine groups is 1. The smallest absolute Gasteiger partial charge is 0.265 e. The molecule has 1 saturated heterocycles. The first-order valence-corrected chi connectivity index (χ1v) is 8.03. The third kappa shape index (κ3) is 3.15. The lowest BCUT2D eigenvalue weighted by Gasteiger charge is -2.35. The first-order chi connectivity index (χ1) is 9.84. The lowest BCUT2D eigenvalue weighted by molar-refractivity contribution is -0.136. The summed E-state index contributed by atoms with van der Waals surface area (Å²) in [4.78, 5) is 24.0. The Labute approximate surface area is 123 Å². The molecular weight excluding hydrogens is 291 g/mol. The maximum Gasteiger partial charge on any atom is 0.265 e. The molecule has 114 valence electrons. The average Bonchev–Trinajstić information content (AvgIpc) is 2.45. The summed E-state index contributed by atoms with van der Waals surface area (Å²) in [6.45, 7) is 2.27. The Morgan fingerprint density at radius 1 is 1.38 bits per heavy atom. The van der Waals surface area contributed by atoms with E-state index >= 15 is 0 Å². The van der Waals surface area contributed by atoms with Gasteiger partial charge in [0.05, 0.1) is 0 Å². The van der Waals surface area contributed by atoms with Gasteiger partial charge in [-0.05, 0) is 31.9 Å². The van der Waals surface area contributed by atoms with E-state index in [1.165, 1.54) is 0 Å². The molecule has 1 fully saturated rings. The van der Waals surface area contributed by atoms with Crippen molar-refractivity contribution >= 4 is 19.8 Å². The van der Waals surface area contributed by atoms with E-state index in [9.17, 15) is 14.2 Å². The number of benzene rings is 1. The summed E-state index contributed by atoms with van der Waals surface area (Å²) in [5, 5.41) is 1.72. The Hall–Kier alpha value is -1.69. The van der Waals surface area contributed by atoms with Crippen LogP contribution in [0.5, 0.6) is 0 Å². The van der Waals surface area contributed by atoms with Crippen LogP contribution in [0, 0.1) is 6.92 Å². The first kappa shape index (κ1) is 15.7.